The number of nitrogens with zero attached hydrogens (tertiary/aromatic N) is 1. The van der Waals surface area contributed by atoms with Gasteiger partial charge in [-0.15, -0.1) is 0 Å². The number of aromatic nitrogens is 1. The zero-order valence-electron chi connectivity index (χ0n) is 11.8. The summed E-state index contributed by atoms with van der Waals surface area (Å²) in [5, 5.41) is 5.99. The zero-order valence-corrected chi connectivity index (χ0v) is 11.8. The number of rotatable bonds is 4. The molecule has 1 aromatic rings. The fourth-order valence-corrected chi connectivity index (χ4v) is 2.75. The third-order valence-electron chi connectivity index (χ3n) is 3.88. The van der Waals surface area contributed by atoms with Crippen molar-refractivity contribution in [3.05, 3.63) is 24.0 Å². The molecule has 1 heterocycles. The number of carbonyl (C=O) groups is 1. The molecule has 1 aliphatic carbocycles. The van der Waals surface area contributed by atoms with Gasteiger partial charge in [-0.05, 0) is 36.8 Å². The highest BCUT2D eigenvalue weighted by molar-refractivity contribution is 5.92. The lowest BCUT2D eigenvalue weighted by atomic mass is 9.82. The number of hydrogen-bond donors (Lipinski definition) is 2. The van der Waals surface area contributed by atoms with Gasteiger partial charge in [-0.3, -0.25) is 4.79 Å². The summed E-state index contributed by atoms with van der Waals surface area (Å²) < 4.78 is 0. The molecule has 0 aromatic carbocycles. The van der Waals surface area contributed by atoms with Crippen molar-refractivity contribution in [3.63, 3.8) is 0 Å². The van der Waals surface area contributed by atoms with Crippen LogP contribution in [-0.4, -0.2) is 24.5 Å². The first-order valence-corrected chi connectivity index (χ1v) is 7.11. The second-order valence-corrected chi connectivity index (χ2v) is 5.53. The first-order chi connectivity index (χ1) is 9.19. The molecule has 19 heavy (non-hydrogen) atoms. The van der Waals surface area contributed by atoms with Gasteiger partial charge in [0.15, 0.2) is 0 Å². The summed E-state index contributed by atoms with van der Waals surface area (Å²) in [4.78, 5) is 16.1. The summed E-state index contributed by atoms with van der Waals surface area (Å²) in [6.45, 7) is 3.07. The maximum Gasteiger partial charge on any atom is 0.269 e. The predicted molar refractivity (Wildman–Crippen MR) is 77.2 cm³/mol. The quantitative estimate of drug-likeness (QED) is 0.876. The standard InChI is InChI=1S/C15H23N3O/c1-11-4-3-5-12(8-11)9-18-15(19)14-7-6-13(16-2)10-17-14/h6-7,10-12,16H,3-5,8-9H2,1-2H3,(H,18,19). The van der Waals surface area contributed by atoms with E-state index in [4.69, 9.17) is 0 Å². The average molecular weight is 261 g/mol. The van der Waals surface area contributed by atoms with Crippen LogP contribution < -0.4 is 10.6 Å². The maximum absolute atomic E-state index is 12.0. The topological polar surface area (TPSA) is 54.0 Å². The van der Waals surface area contributed by atoms with Gasteiger partial charge in [-0.2, -0.15) is 0 Å². The van der Waals surface area contributed by atoms with Gasteiger partial charge in [0, 0.05) is 13.6 Å². The summed E-state index contributed by atoms with van der Waals surface area (Å²) in [6.07, 6.45) is 6.76. The lowest BCUT2D eigenvalue weighted by Gasteiger charge is -2.26. The molecule has 2 unspecified atom stereocenters. The molecule has 0 spiro atoms. The van der Waals surface area contributed by atoms with Crippen LogP contribution in [0.3, 0.4) is 0 Å². The molecule has 2 rings (SSSR count). The molecule has 1 amide bonds. The normalized spacial score (nSPS) is 22.8. The molecule has 2 N–H and O–H groups in total. The molecule has 1 aromatic heterocycles. The van der Waals surface area contributed by atoms with E-state index in [-0.39, 0.29) is 5.91 Å². The van der Waals surface area contributed by atoms with Crippen LogP contribution in [0.25, 0.3) is 0 Å². The van der Waals surface area contributed by atoms with Gasteiger partial charge < -0.3 is 10.6 Å². The lowest BCUT2D eigenvalue weighted by Crippen LogP contribution is -2.31. The predicted octanol–water partition coefficient (Wildman–Crippen LogP) is 2.68. The average Bonchev–Trinajstić information content (AvgIpc) is 2.45. The fraction of sp³-hybridized carbons (Fsp3) is 0.600. The summed E-state index contributed by atoms with van der Waals surface area (Å²) in [6, 6.07) is 3.62. The van der Waals surface area contributed by atoms with Crippen molar-refractivity contribution in [3.8, 4) is 0 Å². The van der Waals surface area contributed by atoms with E-state index < -0.39 is 0 Å². The number of amides is 1. The molecule has 1 saturated carbocycles. The van der Waals surface area contributed by atoms with Crippen molar-refractivity contribution in [2.75, 3.05) is 18.9 Å². The van der Waals surface area contributed by atoms with Crippen LogP contribution in [0, 0.1) is 11.8 Å². The van der Waals surface area contributed by atoms with E-state index in [1.165, 1.54) is 25.7 Å². The molecule has 4 heteroatoms. The molecule has 104 valence electrons. The van der Waals surface area contributed by atoms with E-state index >= 15 is 0 Å². The van der Waals surface area contributed by atoms with E-state index in [2.05, 4.69) is 22.5 Å². The second kappa shape index (κ2) is 6.55. The molecule has 4 nitrogen and oxygen atoms in total. The number of anilines is 1. The van der Waals surface area contributed by atoms with Crippen molar-refractivity contribution < 1.29 is 4.79 Å². The molecule has 0 radical (unpaired) electrons. The van der Waals surface area contributed by atoms with Crippen molar-refractivity contribution in [2.45, 2.75) is 32.6 Å². The van der Waals surface area contributed by atoms with Crippen LogP contribution in [0.5, 0.6) is 0 Å². The third-order valence-corrected chi connectivity index (χ3v) is 3.88. The molecule has 0 aliphatic heterocycles. The first kappa shape index (κ1) is 13.8. The van der Waals surface area contributed by atoms with Gasteiger partial charge >= 0.3 is 0 Å². The lowest BCUT2D eigenvalue weighted by molar-refractivity contribution is 0.0935. The number of carbonyl (C=O) groups excluding carboxylic acids is 1. The highest BCUT2D eigenvalue weighted by Crippen LogP contribution is 2.27. The zero-order chi connectivity index (χ0) is 13.7. The summed E-state index contributed by atoms with van der Waals surface area (Å²) in [5.41, 5.74) is 1.40. The van der Waals surface area contributed by atoms with Crippen molar-refractivity contribution in [2.24, 2.45) is 11.8 Å². The molecule has 1 fully saturated rings. The van der Waals surface area contributed by atoms with Gasteiger partial charge in [0.1, 0.15) is 5.69 Å². The number of pyridine rings is 1. The van der Waals surface area contributed by atoms with Crippen molar-refractivity contribution in [1.29, 1.82) is 0 Å². The van der Waals surface area contributed by atoms with E-state index in [1.807, 2.05) is 13.1 Å². The Morgan fingerprint density at radius 1 is 1.42 bits per heavy atom. The van der Waals surface area contributed by atoms with Gasteiger partial charge in [-0.25, -0.2) is 4.98 Å². The van der Waals surface area contributed by atoms with Gasteiger partial charge in [0.25, 0.3) is 5.91 Å². The smallest absolute Gasteiger partial charge is 0.269 e. The number of hydrogen-bond acceptors (Lipinski definition) is 3. The molecule has 2 atom stereocenters. The minimum Gasteiger partial charge on any atom is -0.387 e. The summed E-state index contributed by atoms with van der Waals surface area (Å²) in [7, 11) is 1.83. The fourth-order valence-electron chi connectivity index (χ4n) is 2.75. The highest BCUT2D eigenvalue weighted by atomic mass is 16.1. The van der Waals surface area contributed by atoms with E-state index in [9.17, 15) is 4.79 Å². The van der Waals surface area contributed by atoms with Gasteiger partial charge in [-0.1, -0.05) is 19.8 Å². The minimum absolute atomic E-state index is 0.0686. The van der Waals surface area contributed by atoms with E-state index in [0.717, 1.165) is 18.2 Å². The van der Waals surface area contributed by atoms with Gasteiger partial charge in [0.2, 0.25) is 0 Å². The maximum atomic E-state index is 12.0. The largest absolute Gasteiger partial charge is 0.387 e. The Balaban J connectivity index is 1.83. The molecule has 1 aliphatic rings. The summed E-state index contributed by atoms with van der Waals surface area (Å²) >= 11 is 0. The Bertz CT molecular complexity index is 416. The van der Waals surface area contributed by atoms with Crippen molar-refractivity contribution in [1.82, 2.24) is 10.3 Å². The second-order valence-electron chi connectivity index (χ2n) is 5.53. The van der Waals surface area contributed by atoms with Gasteiger partial charge in [0.05, 0.1) is 11.9 Å². The molecule has 0 bridgehead atoms. The Hall–Kier alpha value is -1.58. The molecule has 0 saturated heterocycles. The third kappa shape index (κ3) is 3.94. The van der Waals surface area contributed by atoms with Crippen molar-refractivity contribution >= 4 is 11.6 Å². The van der Waals surface area contributed by atoms with E-state index in [0.29, 0.717) is 11.6 Å². The van der Waals surface area contributed by atoms with Crippen LogP contribution >= 0.6 is 0 Å². The van der Waals surface area contributed by atoms with Crippen LogP contribution in [0.2, 0.25) is 0 Å². The Kier molecular flexibility index (Phi) is 4.77. The Morgan fingerprint density at radius 2 is 2.26 bits per heavy atom. The monoisotopic (exact) mass is 261 g/mol. The van der Waals surface area contributed by atoms with Crippen LogP contribution in [0.1, 0.15) is 43.1 Å². The van der Waals surface area contributed by atoms with Crippen LogP contribution in [-0.2, 0) is 0 Å². The Morgan fingerprint density at radius 3 is 2.89 bits per heavy atom. The SMILES string of the molecule is CNc1ccc(C(=O)NCC2CCCC(C)C2)nc1. The molecular weight excluding hydrogens is 238 g/mol. The van der Waals surface area contributed by atoms with Crippen LogP contribution in [0.4, 0.5) is 5.69 Å². The van der Waals surface area contributed by atoms with E-state index in [1.54, 1.807) is 12.3 Å². The highest BCUT2D eigenvalue weighted by Gasteiger charge is 2.19. The Labute approximate surface area is 115 Å². The summed E-state index contributed by atoms with van der Waals surface area (Å²) in [5.74, 6) is 1.36. The van der Waals surface area contributed by atoms with Crippen LogP contribution in [0.15, 0.2) is 18.3 Å². The number of nitrogens with one attached hydrogen (secondary N) is 2. The first-order valence-electron chi connectivity index (χ1n) is 7.11. The minimum atomic E-state index is -0.0686. The molecular formula is C15H23N3O.